The molecular formula is C21H21N3O2S2. The van der Waals surface area contributed by atoms with Gasteiger partial charge in [0.2, 0.25) is 11.8 Å². The zero-order valence-corrected chi connectivity index (χ0v) is 17.3. The number of thiazole rings is 1. The fraction of sp³-hybridized carbons (Fsp3) is 0.190. The summed E-state index contributed by atoms with van der Waals surface area (Å²) in [5.74, 6) is -0.170. The summed E-state index contributed by atoms with van der Waals surface area (Å²) in [5, 5.41) is 7.96. The van der Waals surface area contributed by atoms with Gasteiger partial charge in [0.05, 0.1) is 17.4 Å². The summed E-state index contributed by atoms with van der Waals surface area (Å²) in [6.07, 6.45) is 0.324. The van der Waals surface area contributed by atoms with Crippen LogP contribution in [0.25, 0.3) is 0 Å². The van der Waals surface area contributed by atoms with Crippen LogP contribution in [0.1, 0.15) is 18.2 Å². The van der Waals surface area contributed by atoms with E-state index in [1.165, 1.54) is 23.1 Å². The van der Waals surface area contributed by atoms with Crippen LogP contribution in [0, 0.1) is 6.92 Å². The van der Waals surface area contributed by atoms with Gasteiger partial charge in [0, 0.05) is 16.0 Å². The quantitative estimate of drug-likeness (QED) is 0.550. The number of aryl methyl sites for hydroxylation is 1. The van der Waals surface area contributed by atoms with Gasteiger partial charge in [-0.1, -0.05) is 36.4 Å². The highest BCUT2D eigenvalue weighted by atomic mass is 32.2. The van der Waals surface area contributed by atoms with E-state index in [0.29, 0.717) is 17.2 Å². The summed E-state index contributed by atoms with van der Waals surface area (Å²) in [7, 11) is 0. The molecule has 5 nitrogen and oxygen atoms in total. The molecule has 0 bridgehead atoms. The van der Waals surface area contributed by atoms with Crippen LogP contribution in [-0.4, -0.2) is 22.0 Å². The summed E-state index contributed by atoms with van der Waals surface area (Å²) >= 11 is 2.85. The minimum atomic E-state index is -0.292. The molecule has 3 aromatic rings. The molecule has 0 aliphatic rings. The number of hydrogen-bond donors (Lipinski definition) is 2. The molecule has 0 aliphatic carbocycles. The molecule has 0 saturated carbocycles. The van der Waals surface area contributed by atoms with Gasteiger partial charge in [-0.2, -0.15) is 0 Å². The van der Waals surface area contributed by atoms with E-state index in [9.17, 15) is 9.59 Å². The molecule has 0 aliphatic heterocycles. The second-order valence-corrected chi connectivity index (χ2v) is 8.55. The van der Waals surface area contributed by atoms with Crippen LogP contribution in [0.4, 0.5) is 10.8 Å². The Morgan fingerprint density at radius 3 is 2.61 bits per heavy atom. The Labute approximate surface area is 172 Å². The molecule has 2 N–H and O–H groups in total. The number of nitrogens with one attached hydrogen (secondary N) is 2. The Bertz CT molecular complexity index is 957. The van der Waals surface area contributed by atoms with Crippen molar-refractivity contribution >= 4 is 45.7 Å². The Balaban J connectivity index is 1.56. The van der Waals surface area contributed by atoms with Crippen molar-refractivity contribution in [3.63, 3.8) is 0 Å². The molecule has 3 rings (SSSR count). The lowest BCUT2D eigenvalue weighted by Crippen LogP contribution is -2.22. The van der Waals surface area contributed by atoms with E-state index < -0.39 is 0 Å². The first kappa shape index (κ1) is 20.1. The van der Waals surface area contributed by atoms with Crippen molar-refractivity contribution in [3.8, 4) is 0 Å². The predicted molar refractivity (Wildman–Crippen MR) is 116 cm³/mol. The van der Waals surface area contributed by atoms with Crippen molar-refractivity contribution in [3.05, 3.63) is 71.2 Å². The van der Waals surface area contributed by atoms with Crippen LogP contribution in [0.5, 0.6) is 0 Å². The maximum absolute atomic E-state index is 12.4. The third-order valence-electron chi connectivity index (χ3n) is 3.86. The lowest BCUT2D eigenvalue weighted by atomic mass is 10.1. The minimum Gasteiger partial charge on any atom is -0.326 e. The number of benzene rings is 2. The first-order valence-electron chi connectivity index (χ1n) is 8.83. The molecule has 7 heteroatoms. The molecule has 28 heavy (non-hydrogen) atoms. The summed E-state index contributed by atoms with van der Waals surface area (Å²) in [5.41, 5.74) is 2.57. The summed E-state index contributed by atoms with van der Waals surface area (Å²) in [6.45, 7) is 3.74. The van der Waals surface area contributed by atoms with Gasteiger partial charge < -0.3 is 10.6 Å². The van der Waals surface area contributed by atoms with Gasteiger partial charge in [-0.15, -0.1) is 23.1 Å². The van der Waals surface area contributed by atoms with E-state index in [4.69, 9.17) is 0 Å². The average molecular weight is 412 g/mol. The second-order valence-electron chi connectivity index (χ2n) is 6.28. The van der Waals surface area contributed by atoms with Crippen LogP contribution >= 0.6 is 23.1 Å². The minimum absolute atomic E-state index is 0.0710. The number of thioether (sulfide) groups is 1. The Morgan fingerprint density at radius 2 is 1.89 bits per heavy atom. The topological polar surface area (TPSA) is 71.1 Å². The maximum atomic E-state index is 12.4. The van der Waals surface area contributed by atoms with E-state index in [-0.39, 0.29) is 17.1 Å². The van der Waals surface area contributed by atoms with Crippen LogP contribution in [0.15, 0.2) is 64.9 Å². The third kappa shape index (κ3) is 5.94. The lowest BCUT2D eigenvalue weighted by molar-refractivity contribution is -0.116. The van der Waals surface area contributed by atoms with Crippen molar-refractivity contribution in [1.82, 2.24) is 4.98 Å². The van der Waals surface area contributed by atoms with Gasteiger partial charge in [0.1, 0.15) is 0 Å². The van der Waals surface area contributed by atoms with Gasteiger partial charge in [-0.3, -0.25) is 9.59 Å². The predicted octanol–water partition coefficient (Wildman–Crippen LogP) is 4.75. The van der Waals surface area contributed by atoms with Crippen molar-refractivity contribution in [2.45, 2.75) is 30.4 Å². The van der Waals surface area contributed by atoms with Crippen LogP contribution in [0.2, 0.25) is 0 Å². The van der Waals surface area contributed by atoms with E-state index in [1.807, 2.05) is 73.8 Å². The molecular weight excluding hydrogens is 390 g/mol. The Kier molecular flexibility index (Phi) is 6.84. The van der Waals surface area contributed by atoms with Crippen molar-refractivity contribution in [1.29, 1.82) is 0 Å². The number of hydrogen-bond acceptors (Lipinski definition) is 5. The normalized spacial score (nSPS) is 11.6. The monoisotopic (exact) mass is 411 g/mol. The highest BCUT2D eigenvalue weighted by Gasteiger charge is 2.16. The van der Waals surface area contributed by atoms with E-state index in [2.05, 4.69) is 15.6 Å². The highest BCUT2D eigenvalue weighted by molar-refractivity contribution is 8.00. The standard InChI is InChI=1S/C21H21N3O2S2/c1-14-13-27-21(22-14)24-20(26)15(2)28-18-10-6-9-17(12-18)23-19(25)11-16-7-4-3-5-8-16/h3-10,12-13,15H,11H2,1-2H3,(H,23,25)(H,22,24,26). The Hall–Kier alpha value is -2.64. The number of carbonyl (C=O) groups excluding carboxylic acids is 2. The molecule has 0 saturated heterocycles. The van der Waals surface area contributed by atoms with Gasteiger partial charge in [0.25, 0.3) is 0 Å². The molecule has 2 aromatic carbocycles. The highest BCUT2D eigenvalue weighted by Crippen LogP contribution is 2.27. The lowest BCUT2D eigenvalue weighted by Gasteiger charge is -2.12. The molecule has 1 unspecified atom stereocenters. The summed E-state index contributed by atoms with van der Waals surface area (Å²) < 4.78 is 0. The third-order valence-corrected chi connectivity index (χ3v) is 5.83. The molecule has 1 atom stereocenters. The van der Waals surface area contributed by atoms with E-state index >= 15 is 0 Å². The number of nitrogens with zero attached hydrogens (tertiary/aromatic N) is 1. The number of amides is 2. The molecule has 1 aromatic heterocycles. The molecule has 0 spiro atoms. The number of rotatable bonds is 7. The second kappa shape index (κ2) is 9.52. The zero-order chi connectivity index (χ0) is 19.9. The number of carbonyl (C=O) groups is 2. The summed E-state index contributed by atoms with van der Waals surface area (Å²) in [6, 6.07) is 17.1. The fourth-order valence-corrected chi connectivity index (χ4v) is 4.13. The first-order chi connectivity index (χ1) is 13.5. The van der Waals surface area contributed by atoms with Gasteiger partial charge >= 0.3 is 0 Å². The first-order valence-corrected chi connectivity index (χ1v) is 10.6. The molecule has 0 radical (unpaired) electrons. The van der Waals surface area contributed by atoms with Crippen LogP contribution < -0.4 is 10.6 Å². The largest absolute Gasteiger partial charge is 0.326 e. The van der Waals surface area contributed by atoms with Crippen molar-refractivity contribution < 1.29 is 9.59 Å². The van der Waals surface area contributed by atoms with E-state index in [0.717, 1.165) is 16.2 Å². The smallest absolute Gasteiger partial charge is 0.239 e. The number of aromatic nitrogens is 1. The van der Waals surface area contributed by atoms with Gasteiger partial charge in [-0.25, -0.2) is 4.98 Å². The maximum Gasteiger partial charge on any atom is 0.239 e. The average Bonchev–Trinajstić information content (AvgIpc) is 3.07. The molecule has 144 valence electrons. The van der Waals surface area contributed by atoms with Crippen molar-refractivity contribution in [2.24, 2.45) is 0 Å². The summed E-state index contributed by atoms with van der Waals surface area (Å²) in [4.78, 5) is 29.8. The Morgan fingerprint density at radius 1 is 1.11 bits per heavy atom. The molecule has 0 fully saturated rings. The number of anilines is 2. The molecule has 1 heterocycles. The van der Waals surface area contributed by atoms with Crippen LogP contribution in [-0.2, 0) is 16.0 Å². The molecule has 2 amide bonds. The zero-order valence-electron chi connectivity index (χ0n) is 15.6. The van der Waals surface area contributed by atoms with Gasteiger partial charge in [-0.05, 0) is 37.6 Å². The SMILES string of the molecule is Cc1csc(NC(=O)C(C)Sc2cccc(NC(=O)Cc3ccccc3)c2)n1. The van der Waals surface area contributed by atoms with E-state index in [1.54, 1.807) is 0 Å². The fourth-order valence-electron chi connectivity index (χ4n) is 2.51. The van der Waals surface area contributed by atoms with Crippen LogP contribution in [0.3, 0.4) is 0 Å². The van der Waals surface area contributed by atoms with Crippen molar-refractivity contribution in [2.75, 3.05) is 10.6 Å². The van der Waals surface area contributed by atoms with Gasteiger partial charge in [0.15, 0.2) is 5.13 Å².